The third-order valence-electron chi connectivity index (χ3n) is 2.61. The molecule has 2 aliphatic carbocycles. The van der Waals surface area contributed by atoms with Gasteiger partial charge in [0.1, 0.15) is 0 Å². The van der Waals surface area contributed by atoms with Crippen molar-refractivity contribution in [3.05, 3.63) is 23.8 Å². The topological polar surface area (TPSA) is 0 Å². The summed E-state index contributed by atoms with van der Waals surface area (Å²) in [6.07, 6.45) is 11.2. The van der Waals surface area contributed by atoms with E-state index in [4.69, 9.17) is 0 Å². The Morgan fingerprint density at radius 1 is 1.60 bits per heavy atom. The first-order chi connectivity index (χ1) is 4.90. The molecule has 0 spiro atoms. The van der Waals surface area contributed by atoms with Gasteiger partial charge in [0.2, 0.25) is 0 Å². The Kier molecular flexibility index (Phi) is 1.40. The minimum atomic E-state index is 0.838. The fourth-order valence-corrected chi connectivity index (χ4v) is 2.15. The lowest BCUT2D eigenvalue weighted by Gasteiger charge is -2.06. The maximum absolute atomic E-state index is 2.41. The molecule has 0 aromatic heterocycles. The van der Waals surface area contributed by atoms with Crippen LogP contribution in [0, 0.1) is 11.8 Å². The van der Waals surface area contributed by atoms with E-state index < -0.39 is 0 Å². The molecule has 0 nitrogen and oxygen atoms in total. The van der Waals surface area contributed by atoms with Crippen molar-refractivity contribution in [3.63, 3.8) is 0 Å². The molecule has 0 heteroatoms. The molecule has 0 amide bonds. The van der Waals surface area contributed by atoms with Crippen molar-refractivity contribution in [1.29, 1.82) is 0 Å². The minimum absolute atomic E-state index is 0.838. The molecule has 0 heterocycles. The summed E-state index contributed by atoms with van der Waals surface area (Å²) < 4.78 is 0. The van der Waals surface area contributed by atoms with E-state index >= 15 is 0 Å². The van der Waals surface area contributed by atoms with Gasteiger partial charge in [0.05, 0.1) is 0 Å². The van der Waals surface area contributed by atoms with Gasteiger partial charge in [-0.2, -0.15) is 0 Å². The van der Waals surface area contributed by atoms with E-state index in [2.05, 4.69) is 25.2 Å². The van der Waals surface area contributed by atoms with Crippen molar-refractivity contribution in [2.75, 3.05) is 0 Å². The second kappa shape index (κ2) is 2.26. The normalized spacial score (nSPS) is 39.9. The van der Waals surface area contributed by atoms with Gasteiger partial charge in [-0.15, -0.1) is 0 Å². The van der Waals surface area contributed by atoms with Crippen LogP contribution < -0.4 is 0 Å². The standard InChI is InChI=1S/C10H14/c1-2-3-9-6-8-4-5-10(9)7-8/h3-5,8,10H,2,6-7H2,1H3/b9-3-. The molecule has 0 radical (unpaired) electrons. The molecule has 2 rings (SSSR count). The van der Waals surface area contributed by atoms with Crippen molar-refractivity contribution < 1.29 is 0 Å². The molecule has 2 atom stereocenters. The molecule has 1 fully saturated rings. The molecule has 10 heavy (non-hydrogen) atoms. The summed E-state index contributed by atoms with van der Waals surface area (Å²) in [7, 11) is 0. The van der Waals surface area contributed by atoms with Crippen LogP contribution in [0.25, 0.3) is 0 Å². The Morgan fingerprint density at radius 3 is 3.00 bits per heavy atom. The molecule has 0 saturated heterocycles. The highest BCUT2D eigenvalue weighted by molar-refractivity contribution is 5.26. The van der Waals surface area contributed by atoms with Crippen molar-refractivity contribution >= 4 is 0 Å². The van der Waals surface area contributed by atoms with Gasteiger partial charge in [-0.1, -0.05) is 30.7 Å². The third-order valence-corrected chi connectivity index (χ3v) is 2.61. The van der Waals surface area contributed by atoms with Gasteiger partial charge in [-0.05, 0) is 31.1 Å². The summed E-state index contributed by atoms with van der Waals surface area (Å²) in [5.74, 6) is 1.74. The summed E-state index contributed by atoms with van der Waals surface area (Å²) in [5.41, 5.74) is 1.70. The smallest absolute Gasteiger partial charge is 0.00173 e. The van der Waals surface area contributed by atoms with Crippen LogP contribution in [-0.4, -0.2) is 0 Å². The monoisotopic (exact) mass is 134 g/mol. The van der Waals surface area contributed by atoms with Gasteiger partial charge in [0, 0.05) is 0 Å². The van der Waals surface area contributed by atoms with E-state index in [-0.39, 0.29) is 0 Å². The molecular weight excluding hydrogens is 120 g/mol. The minimum Gasteiger partial charge on any atom is -0.0850 e. The van der Waals surface area contributed by atoms with Crippen molar-refractivity contribution in [2.45, 2.75) is 26.2 Å². The number of fused-ring (bicyclic) bond motifs is 2. The maximum atomic E-state index is 2.41. The Morgan fingerprint density at radius 2 is 2.50 bits per heavy atom. The maximum Gasteiger partial charge on any atom is -0.00173 e. The largest absolute Gasteiger partial charge is 0.0850 e. The van der Waals surface area contributed by atoms with Crippen LogP contribution in [0.4, 0.5) is 0 Å². The highest BCUT2D eigenvalue weighted by atomic mass is 14.3. The number of allylic oxidation sites excluding steroid dienone is 4. The number of hydrogen-bond acceptors (Lipinski definition) is 0. The quantitative estimate of drug-likeness (QED) is 0.484. The molecule has 1 saturated carbocycles. The Bertz CT molecular complexity index is 186. The number of hydrogen-bond donors (Lipinski definition) is 0. The van der Waals surface area contributed by atoms with Crippen molar-refractivity contribution in [2.24, 2.45) is 11.8 Å². The summed E-state index contributed by atoms with van der Waals surface area (Å²) in [5, 5.41) is 0. The van der Waals surface area contributed by atoms with Crippen LogP contribution in [0.15, 0.2) is 23.8 Å². The fraction of sp³-hybridized carbons (Fsp3) is 0.600. The average Bonchev–Trinajstić information content (AvgIpc) is 2.48. The van der Waals surface area contributed by atoms with Crippen LogP contribution >= 0.6 is 0 Å². The predicted octanol–water partition coefficient (Wildman–Crippen LogP) is 2.92. The SMILES string of the molecule is CC/C=C1/CC2C=CC1C2. The lowest BCUT2D eigenvalue weighted by Crippen LogP contribution is -1.91. The molecular formula is C10H14. The lowest BCUT2D eigenvalue weighted by atomic mass is 10.00. The Balaban J connectivity index is 2.16. The first-order valence-corrected chi connectivity index (χ1v) is 4.27. The van der Waals surface area contributed by atoms with E-state index in [1.165, 1.54) is 19.3 Å². The molecule has 2 bridgehead atoms. The van der Waals surface area contributed by atoms with E-state index in [1.54, 1.807) is 5.57 Å². The first-order valence-electron chi connectivity index (χ1n) is 4.27. The van der Waals surface area contributed by atoms with Crippen LogP contribution in [-0.2, 0) is 0 Å². The molecule has 0 aliphatic heterocycles. The van der Waals surface area contributed by atoms with Crippen LogP contribution in [0.5, 0.6) is 0 Å². The van der Waals surface area contributed by atoms with E-state index in [0.717, 1.165) is 11.8 Å². The lowest BCUT2D eigenvalue weighted by molar-refractivity contribution is 0.693. The van der Waals surface area contributed by atoms with Gasteiger partial charge in [0.25, 0.3) is 0 Å². The average molecular weight is 134 g/mol. The van der Waals surface area contributed by atoms with Gasteiger partial charge >= 0.3 is 0 Å². The van der Waals surface area contributed by atoms with Crippen LogP contribution in [0.3, 0.4) is 0 Å². The van der Waals surface area contributed by atoms with Gasteiger partial charge in [-0.25, -0.2) is 0 Å². The zero-order valence-electron chi connectivity index (χ0n) is 6.51. The second-order valence-electron chi connectivity index (χ2n) is 3.38. The Hall–Kier alpha value is -0.520. The molecule has 2 aliphatic rings. The third kappa shape index (κ3) is 0.828. The summed E-state index contributed by atoms with van der Waals surface area (Å²) in [4.78, 5) is 0. The zero-order valence-corrected chi connectivity index (χ0v) is 6.51. The van der Waals surface area contributed by atoms with E-state index in [0.29, 0.717) is 0 Å². The second-order valence-corrected chi connectivity index (χ2v) is 3.38. The molecule has 2 unspecified atom stereocenters. The summed E-state index contributed by atoms with van der Waals surface area (Å²) in [6, 6.07) is 0. The Labute approximate surface area is 62.6 Å². The van der Waals surface area contributed by atoms with E-state index in [9.17, 15) is 0 Å². The van der Waals surface area contributed by atoms with Gasteiger partial charge in [-0.3, -0.25) is 0 Å². The van der Waals surface area contributed by atoms with Crippen LogP contribution in [0.1, 0.15) is 26.2 Å². The van der Waals surface area contributed by atoms with Gasteiger partial charge < -0.3 is 0 Å². The van der Waals surface area contributed by atoms with Gasteiger partial charge in [0.15, 0.2) is 0 Å². The zero-order chi connectivity index (χ0) is 6.97. The predicted molar refractivity (Wildman–Crippen MR) is 43.7 cm³/mol. The highest BCUT2D eigenvalue weighted by Gasteiger charge is 2.29. The molecule has 0 N–H and O–H groups in total. The van der Waals surface area contributed by atoms with Crippen molar-refractivity contribution in [3.8, 4) is 0 Å². The van der Waals surface area contributed by atoms with E-state index in [1.807, 2.05) is 0 Å². The highest BCUT2D eigenvalue weighted by Crippen LogP contribution is 2.42. The first kappa shape index (κ1) is 6.21. The summed E-state index contributed by atoms with van der Waals surface area (Å²) in [6.45, 7) is 2.22. The number of rotatable bonds is 1. The summed E-state index contributed by atoms with van der Waals surface area (Å²) >= 11 is 0. The van der Waals surface area contributed by atoms with Crippen molar-refractivity contribution in [1.82, 2.24) is 0 Å². The molecule has 54 valence electrons. The fourth-order valence-electron chi connectivity index (χ4n) is 2.15. The molecule has 0 aromatic carbocycles. The van der Waals surface area contributed by atoms with Crippen LogP contribution in [0.2, 0.25) is 0 Å². The molecule has 0 aromatic rings.